The van der Waals surface area contributed by atoms with Crippen LogP contribution in [0.3, 0.4) is 0 Å². The van der Waals surface area contributed by atoms with Crippen molar-refractivity contribution in [2.45, 2.75) is 19.0 Å². The third kappa shape index (κ3) is 3.77. The molecule has 30 heavy (non-hydrogen) atoms. The molecule has 1 fully saturated rings. The maximum Gasteiger partial charge on any atom is 0.329 e. The second-order valence-electron chi connectivity index (χ2n) is 6.83. The summed E-state index contributed by atoms with van der Waals surface area (Å²) in [4.78, 5) is 54.6. The normalized spacial score (nSPS) is 16.0. The number of imide groups is 1. The van der Waals surface area contributed by atoms with E-state index in [1.54, 1.807) is 54.6 Å². The van der Waals surface area contributed by atoms with E-state index < -0.39 is 23.9 Å². The van der Waals surface area contributed by atoms with Crippen molar-refractivity contribution in [2.24, 2.45) is 0 Å². The van der Waals surface area contributed by atoms with E-state index in [1.807, 2.05) is 0 Å². The van der Waals surface area contributed by atoms with Crippen molar-refractivity contribution in [2.75, 3.05) is 11.4 Å². The van der Waals surface area contributed by atoms with Gasteiger partial charge in [0.2, 0.25) is 5.91 Å². The minimum absolute atomic E-state index is 0.182. The van der Waals surface area contributed by atoms with Crippen LogP contribution in [-0.4, -0.2) is 40.0 Å². The van der Waals surface area contributed by atoms with Crippen LogP contribution in [0.5, 0.6) is 0 Å². The fraction of sp³-hybridized carbons (Fsp3) is 0.190. The average molecular weight is 405 g/mol. The average Bonchev–Trinajstić information content (AvgIpc) is 3.03. The number of nitrogens with one attached hydrogen (secondary N) is 2. The first-order valence-corrected chi connectivity index (χ1v) is 9.45. The van der Waals surface area contributed by atoms with E-state index in [9.17, 15) is 19.2 Å². The standard InChI is InChI=1S/C21H19N5O4/c27-18(12-17-20(29)26(21(30)24-17)14-6-2-1-3-7-14)22-10-11-25-13-23-16-9-5-4-8-15(16)19(25)28/h1-9,13,17H,10-12H2,(H,22,27)(H,24,30)/t17-/m0/s1. The van der Waals surface area contributed by atoms with Crippen LogP contribution in [0.15, 0.2) is 65.7 Å². The second-order valence-corrected chi connectivity index (χ2v) is 6.83. The molecule has 2 N–H and O–H groups in total. The molecule has 0 aliphatic carbocycles. The van der Waals surface area contributed by atoms with Gasteiger partial charge in [-0.25, -0.2) is 14.7 Å². The van der Waals surface area contributed by atoms with Gasteiger partial charge in [0.05, 0.1) is 29.3 Å². The van der Waals surface area contributed by atoms with Crippen molar-refractivity contribution in [3.8, 4) is 0 Å². The van der Waals surface area contributed by atoms with Gasteiger partial charge < -0.3 is 10.6 Å². The molecule has 152 valence electrons. The first kappa shape index (κ1) is 19.3. The third-order valence-corrected chi connectivity index (χ3v) is 4.83. The van der Waals surface area contributed by atoms with E-state index in [2.05, 4.69) is 15.6 Å². The molecule has 2 aromatic carbocycles. The number of benzene rings is 2. The second kappa shape index (κ2) is 8.16. The zero-order valence-corrected chi connectivity index (χ0v) is 15.9. The molecule has 1 aliphatic rings. The molecule has 0 unspecified atom stereocenters. The number of hydrogen-bond donors (Lipinski definition) is 2. The topological polar surface area (TPSA) is 113 Å². The van der Waals surface area contributed by atoms with Gasteiger partial charge in [0.1, 0.15) is 6.04 Å². The molecule has 1 aromatic heterocycles. The minimum Gasteiger partial charge on any atom is -0.354 e. The lowest BCUT2D eigenvalue weighted by molar-refractivity contribution is -0.125. The summed E-state index contributed by atoms with van der Waals surface area (Å²) in [5.41, 5.74) is 0.874. The van der Waals surface area contributed by atoms with Gasteiger partial charge in [0.15, 0.2) is 0 Å². The van der Waals surface area contributed by atoms with Crippen LogP contribution in [0, 0.1) is 0 Å². The third-order valence-electron chi connectivity index (χ3n) is 4.83. The minimum atomic E-state index is -0.928. The van der Waals surface area contributed by atoms with Gasteiger partial charge in [-0.15, -0.1) is 0 Å². The number of anilines is 1. The Balaban J connectivity index is 1.33. The molecule has 1 atom stereocenters. The molecule has 3 aromatic rings. The summed E-state index contributed by atoms with van der Waals surface area (Å²) in [6.07, 6.45) is 1.26. The van der Waals surface area contributed by atoms with Crippen LogP contribution in [0.1, 0.15) is 6.42 Å². The Labute approximate surface area is 171 Å². The van der Waals surface area contributed by atoms with Crippen LogP contribution in [-0.2, 0) is 16.1 Å². The highest BCUT2D eigenvalue weighted by Crippen LogP contribution is 2.19. The number of carbonyl (C=O) groups excluding carboxylic acids is 3. The summed E-state index contributed by atoms with van der Waals surface area (Å²) >= 11 is 0. The van der Waals surface area contributed by atoms with Gasteiger partial charge in [-0.2, -0.15) is 0 Å². The van der Waals surface area contributed by atoms with Gasteiger partial charge in [0, 0.05) is 13.1 Å². The van der Waals surface area contributed by atoms with Crippen LogP contribution < -0.4 is 21.1 Å². The maximum atomic E-state index is 12.5. The highest BCUT2D eigenvalue weighted by molar-refractivity contribution is 6.22. The van der Waals surface area contributed by atoms with Crippen molar-refractivity contribution in [1.29, 1.82) is 0 Å². The van der Waals surface area contributed by atoms with Crippen molar-refractivity contribution in [3.05, 3.63) is 71.3 Å². The summed E-state index contributed by atoms with van der Waals surface area (Å²) in [6.45, 7) is 0.430. The molecule has 0 bridgehead atoms. The number of carbonyl (C=O) groups is 3. The molecule has 1 saturated heterocycles. The molecular formula is C21H19N5O4. The predicted molar refractivity (Wildman–Crippen MR) is 110 cm³/mol. The Hall–Kier alpha value is -4.01. The van der Waals surface area contributed by atoms with Crippen LogP contribution in [0.2, 0.25) is 0 Å². The quantitative estimate of drug-likeness (QED) is 0.595. The Morgan fingerprint density at radius 2 is 1.77 bits per heavy atom. The van der Waals surface area contributed by atoms with Gasteiger partial charge in [0.25, 0.3) is 11.5 Å². The number of nitrogens with zero attached hydrogens (tertiary/aromatic N) is 3. The van der Waals surface area contributed by atoms with E-state index in [4.69, 9.17) is 0 Å². The lowest BCUT2D eigenvalue weighted by atomic mass is 10.2. The van der Waals surface area contributed by atoms with E-state index >= 15 is 0 Å². The van der Waals surface area contributed by atoms with Gasteiger partial charge >= 0.3 is 6.03 Å². The van der Waals surface area contributed by atoms with E-state index in [-0.39, 0.29) is 25.1 Å². The van der Waals surface area contributed by atoms with Crippen LogP contribution >= 0.6 is 0 Å². The van der Waals surface area contributed by atoms with Crippen LogP contribution in [0.4, 0.5) is 10.5 Å². The highest BCUT2D eigenvalue weighted by Gasteiger charge is 2.39. The first-order chi connectivity index (χ1) is 14.5. The first-order valence-electron chi connectivity index (χ1n) is 9.45. The maximum absolute atomic E-state index is 12.5. The number of fused-ring (bicyclic) bond motifs is 1. The van der Waals surface area contributed by atoms with Crippen molar-refractivity contribution < 1.29 is 14.4 Å². The van der Waals surface area contributed by atoms with E-state index in [1.165, 1.54) is 10.9 Å². The zero-order chi connectivity index (χ0) is 21.1. The summed E-state index contributed by atoms with van der Waals surface area (Å²) < 4.78 is 1.42. The molecular weight excluding hydrogens is 386 g/mol. The van der Waals surface area contributed by atoms with Gasteiger partial charge in [-0.3, -0.25) is 19.0 Å². The molecule has 0 saturated carbocycles. The smallest absolute Gasteiger partial charge is 0.329 e. The predicted octanol–water partition coefficient (Wildman–Crippen LogP) is 1.03. The lowest BCUT2D eigenvalue weighted by Gasteiger charge is -2.13. The summed E-state index contributed by atoms with van der Waals surface area (Å²) in [5, 5.41) is 5.71. The molecule has 4 rings (SSSR count). The van der Waals surface area contributed by atoms with E-state index in [0.29, 0.717) is 16.6 Å². The number of hydrogen-bond acceptors (Lipinski definition) is 5. The molecule has 4 amide bonds. The SMILES string of the molecule is O=C(C[C@@H]1NC(=O)N(c2ccccc2)C1=O)NCCn1cnc2ccccc2c1=O. The fourth-order valence-electron chi connectivity index (χ4n) is 3.33. The highest BCUT2D eigenvalue weighted by atomic mass is 16.2. The molecule has 9 nitrogen and oxygen atoms in total. The van der Waals surface area contributed by atoms with E-state index in [0.717, 1.165) is 4.90 Å². The summed E-state index contributed by atoms with van der Waals surface area (Å²) in [6, 6.07) is 14.1. The number of para-hydroxylation sites is 2. The zero-order valence-electron chi connectivity index (χ0n) is 15.9. The molecule has 0 radical (unpaired) electrons. The van der Waals surface area contributed by atoms with Crippen LogP contribution in [0.25, 0.3) is 10.9 Å². The number of amides is 4. The Bertz CT molecular complexity index is 1170. The number of rotatable bonds is 6. The summed E-state index contributed by atoms with van der Waals surface area (Å²) in [5.74, 6) is -0.873. The van der Waals surface area contributed by atoms with Crippen molar-refractivity contribution in [1.82, 2.24) is 20.2 Å². The monoisotopic (exact) mass is 405 g/mol. The fourth-order valence-corrected chi connectivity index (χ4v) is 3.33. The Morgan fingerprint density at radius 3 is 2.57 bits per heavy atom. The molecule has 2 heterocycles. The lowest BCUT2D eigenvalue weighted by Crippen LogP contribution is -2.38. The largest absolute Gasteiger partial charge is 0.354 e. The van der Waals surface area contributed by atoms with Crippen molar-refractivity contribution in [3.63, 3.8) is 0 Å². The number of aromatic nitrogens is 2. The summed E-state index contributed by atoms with van der Waals surface area (Å²) in [7, 11) is 0. The van der Waals surface area contributed by atoms with Gasteiger partial charge in [-0.1, -0.05) is 30.3 Å². The Kier molecular flexibility index (Phi) is 5.25. The number of urea groups is 1. The van der Waals surface area contributed by atoms with Gasteiger partial charge in [-0.05, 0) is 24.3 Å². The molecule has 1 aliphatic heterocycles. The van der Waals surface area contributed by atoms with Crippen molar-refractivity contribution >= 4 is 34.4 Å². The molecule has 0 spiro atoms. The Morgan fingerprint density at radius 1 is 1.03 bits per heavy atom. The molecule has 9 heteroatoms.